The van der Waals surface area contributed by atoms with Crippen LogP contribution in [0, 0.1) is 11.8 Å². The maximum absolute atomic E-state index is 12.5. The van der Waals surface area contributed by atoms with E-state index in [-0.39, 0.29) is 22.9 Å². The van der Waals surface area contributed by atoms with Crippen molar-refractivity contribution in [1.29, 1.82) is 0 Å². The summed E-state index contributed by atoms with van der Waals surface area (Å²) >= 11 is 0. The second-order valence-electron chi connectivity index (χ2n) is 7.01. The first-order chi connectivity index (χ1) is 12.7. The van der Waals surface area contributed by atoms with Gasteiger partial charge in [-0.3, -0.25) is 9.52 Å². The van der Waals surface area contributed by atoms with Crippen molar-refractivity contribution in [2.45, 2.75) is 20.3 Å². The molecule has 1 amide bonds. The summed E-state index contributed by atoms with van der Waals surface area (Å²) in [5, 5.41) is 12.8. The van der Waals surface area contributed by atoms with E-state index in [4.69, 9.17) is 0 Å². The highest BCUT2D eigenvalue weighted by atomic mass is 32.2. The minimum atomic E-state index is -3.47. The molecule has 2 aromatic carbocycles. The van der Waals surface area contributed by atoms with Gasteiger partial charge in [-0.1, -0.05) is 44.2 Å². The fourth-order valence-corrected chi connectivity index (χ4v) is 3.33. The average Bonchev–Trinajstić information content (AvgIpc) is 2.59. The van der Waals surface area contributed by atoms with Crippen LogP contribution in [0.15, 0.2) is 48.5 Å². The van der Waals surface area contributed by atoms with Crippen LogP contribution in [0.5, 0.6) is 5.75 Å². The van der Waals surface area contributed by atoms with Crippen LogP contribution in [0.2, 0.25) is 0 Å². The van der Waals surface area contributed by atoms with E-state index in [0.29, 0.717) is 12.5 Å². The molecule has 3 N–H and O–H groups in total. The molecule has 0 heterocycles. The molecule has 0 saturated heterocycles. The lowest BCUT2D eigenvalue weighted by molar-refractivity contribution is 0.0940. The Morgan fingerprint density at radius 3 is 2.37 bits per heavy atom. The Labute approximate surface area is 160 Å². The quantitative estimate of drug-likeness (QED) is 0.604. The van der Waals surface area contributed by atoms with Crippen molar-refractivity contribution in [3.05, 3.63) is 59.7 Å². The summed E-state index contributed by atoms with van der Waals surface area (Å²) in [6, 6.07) is 14.1. The van der Waals surface area contributed by atoms with Gasteiger partial charge >= 0.3 is 0 Å². The maximum Gasteiger partial charge on any atom is 0.255 e. The third-order valence-electron chi connectivity index (χ3n) is 4.35. The third kappa shape index (κ3) is 6.60. The number of anilines is 1. The predicted octanol–water partition coefficient (Wildman–Crippen LogP) is 3.01. The number of carbonyl (C=O) groups is 1. The van der Waals surface area contributed by atoms with Gasteiger partial charge in [0.2, 0.25) is 10.0 Å². The maximum atomic E-state index is 12.5. The van der Waals surface area contributed by atoms with E-state index >= 15 is 0 Å². The number of rotatable bonds is 8. The number of carbonyl (C=O) groups excluding carboxylic acids is 1. The molecule has 0 saturated carbocycles. The van der Waals surface area contributed by atoms with Crippen LogP contribution in [0.1, 0.15) is 29.8 Å². The van der Waals surface area contributed by atoms with Crippen LogP contribution < -0.4 is 10.0 Å². The third-order valence-corrected chi connectivity index (χ3v) is 4.96. The highest BCUT2D eigenvalue weighted by Gasteiger charge is 2.18. The van der Waals surface area contributed by atoms with Crippen LogP contribution in [-0.2, 0) is 16.4 Å². The van der Waals surface area contributed by atoms with Crippen molar-refractivity contribution in [3.63, 3.8) is 0 Å². The normalized spacial score (nSPS) is 12.6. The van der Waals surface area contributed by atoms with Gasteiger partial charge in [0.05, 0.1) is 11.8 Å². The van der Waals surface area contributed by atoms with E-state index < -0.39 is 15.9 Å². The van der Waals surface area contributed by atoms with Crippen LogP contribution in [0.3, 0.4) is 0 Å². The molecular formula is C20H26N2O4S. The van der Waals surface area contributed by atoms with Gasteiger partial charge in [0.1, 0.15) is 5.75 Å². The zero-order valence-electron chi connectivity index (χ0n) is 15.8. The van der Waals surface area contributed by atoms with Crippen molar-refractivity contribution in [1.82, 2.24) is 5.32 Å². The van der Waals surface area contributed by atoms with E-state index in [9.17, 15) is 18.3 Å². The zero-order valence-corrected chi connectivity index (χ0v) is 16.6. The van der Waals surface area contributed by atoms with Crippen molar-refractivity contribution in [2.24, 2.45) is 11.8 Å². The summed E-state index contributed by atoms with van der Waals surface area (Å²) in [4.78, 5) is 12.5. The molecule has 27 heavy (non-hydrogen) atoms. The molecule has 0 aliphatic carbocycles. The number of nitrogens with one attached hydrogen (secondary N) is 2. The fraction of sp³-hybridized carbons (Fsp3) is 0.350. The van der Waals surface area contributed by atoms with Crippen LogP contribution in [0.25, 0.3) is 0 Å². The lowest BCUT2D eigenvalue weighted by atomic mass is 9.89. The number of phenolic OH excluding ortho intramolecular Hbond substituents is 1. The Hall–Kier alpha value is -2.54. The van der Waals surface area contributed by atoms with E-state index in [2.05, 4.69) is 36.0 Å². The summed E-state index contributed by atoms with van der Waals surface area (Å²) < 4.78 is 25.0. The molecule has 1 atom stereocenters. The Balaban J connectivity index is 2.08. The first-order valence-electron chi connectivity index (χ1n) is 8.78. The van der Waals surface area contributed by atoms with Crippen molar-refractivity contribution in [3.8, 4) is 5.75 Å². The topological polar surface area (TPSA) is 95.5 Å². The summed E-state index contributed by atoms with van der Waals surface area (Å²) in [6.45, 7) is 4.66. The van der Waals surface area contributed by atoms with Gasteiger partial charge in [-0.15, -0.1) is 0 Å². The SMILES string of the molecule is CC(C)[C@H](CNC(=O)c1cc(NS(C)(=O)=O)ccc1O)Cc1ccccc1. The molecule has 2 aromatic rings. The summed E-state index contributed by atoms with van der Waals surface area (Å²) in [5.41, 5.74) is 1.46. The molecule has 0 spiro atoms. The Morgan fingerprint density at radius 1 is 1.11 bits per heavy atom. The Kier molecular flexibility index (Phi) is 6.85. The lowest BCUT2D eigenvalue weighted by Crippen LogP contribution is -2.32. The van der Waals surface area contributed by atoms with Crippen molar-refractivity contribution >= 4 is 21.6 Å². The molecule has 0 fully saturated rings. The van der Waals surface area contributed by atoms with Gasteiger partial charge in [-0.05, 0) is 42.0 Å². The summed E-state index contributed by atoms with van der Waals surface area (Å²) in [6.07, 6.45) is 1.86. The number of hydrogen-bond acceptors (Lipinski definition) is 4. The molecule has 6 nitrogen and oxygen atoms in total. The number of sulfonamides is 1. The molecule has 0 aliphatic rings. The standard InChI is InChI=1S/C20H26N2O4S/c1-14(2)16(11-15-7-5-4-6-8-15)13-21-20(24)18-12-17(9-10-19(18)23)22-27(3,25)26/h4-10,12,14,16,22-23H,11,13H2,1-3H3,(H,21,24)/t16-/m0/s1. The number of amides is 1. The van der Waals surface area contributed by atoms with Crippen LogP contribution in [-0.4, -0.2) is 32.2 Å². The first kappa shape index (κ1) is 20.8. The van der Waals surface area contributed by atoms with Gasteiger partial charge < -0.3 is 10.4 Å². The van der Waals surface area contributed by atoms with E-state index in [1.807, 2.05) is 18.2 Å². The van der Waals surface area contributed by atoms with E-state index in [1.54, 1.807) is 0 Å². The largest absolute Gasteiger partial charge is 0.507 e. The monoisotopic (exact) mass is 390 g/mol. The number of aromatic hydroxyl groups is 1. The van der Waals surface area contributed by atoms with Gasteiger partial charge in [-0.2, -0.15) is 0 Å². The van der Waals surface area contributed by atoms with Gasteiger partial charge in [-0.25, -0.2) is 8.42 Å². The average molecular weight is 391 g/mol. The number of phenols is 1. The molecule has 0 aliphatic heterocycles. The highest BCUT2D eigenvalue weighted by Crippen LogP contribution is 2.23. The number of benzene rings is 2. The highest BCUT2D eigenvalue weighted by molar-refractivity contribution is 7.92. The summed E-state index contributed by atoms with van der Waals surface area (Å²) in [7, 11) is -3.47. The van der Waals surface area contributed by atoms with Crippen molar-refractivity contribution < 1.29 is 18.3 Å². The Morgan fingerprint density at radius 2 is 1.78 bits per heavy atom. The van der Waals surface area contributed by atoms with Crippen molar-refractivity contribution in [2.75, 3.05) is 17.5 Å². The van der Waals surface area contributed by atoms with E-state index in [1.165, 1.54) is 23.8 Å². The van der Waals surface area contributed by atoms with Gasteiger partial charge in [0.25, 0.3) is 5.91 Å². The smallest absolute Gasteiger partial charge is 0.255 e. The molecule has 0 radical (unpaired) electrons. The Bertz CT molecular complexity index is 880. The minimum absolute atomic E-state index is 0.0332. The molecule has 7 heteroatoms. The molecule has 0 bridgehead atoms. The molecule has 0 aromatic heterocycles. The predicted molar refractivity (Wildman–Crippen MR) is 107 cm³/mol. The van der Waals surface area contributed by atoms with E-state index in [0.717, 1.165) is 12.7 Å². The zero-order chi connectivity index (χ0) is 20.0. The molecule has 2 rings (SSSR count). The first-order valence-corrected chi connectivity index (χ1v) is 10.7. The molecular weight excluding hydrogens is 364 g/mol. The molecule has 146 valence electrons. The fourth-order valence-electron chi connectivity index (χ4n) is 2.77. The van der Waals surface area contributed by atoms with Gasteiger partial charge in [0.15, 0.2) is 0 Å². The second kappa shape index (κ2) is 8.90. The molecule has 0 unspecified atom stereocenters. The van der Waals surface area contributed by atoms with Crippen LogP contribution >= 0.6 is 0 Å². The second-order valence-corrected chi connectivity index (χ2v) is 8.76. The van der Waals surface area contributed by atoms with Crippen LogP contribution in [0.4, 0.5) is 5.69 Å². The minimum Gasteiger partial charge on any atom is -0.507 e. The summed E-state index contributed by atoms with van der Waals surface area (Å²) in [5.74, 6) is -0.0489. The number of hydrogen-bond donors (Lipinski definition) is 3. The lowest BCUT2D eigenvalue weighted by Gasteiger charge is -2.21. The van der Waals surface area contributed by atoms with Gasteiger partial charge in [0, 0.05) is 12.2 Å².